The highest BCUT2D eigenvalue weighted by Gasteiger charge is 2.27. The van der Waals surface area contributed by atoms with E-state index in [-0.39, 0.29) is 18.8 Å². The van der Waals surface area contributed by atoms with E-state index in [1.165, 1.54) is 18.7 Å². The molecule has 0 radical (unpaired) electrons. The second-order valence-electron chi connectivity index (χ2n) is 5.21. The van der Waals surface area contributed by atoms with Gasteiger partial charge in [-0.3, -0.25) is 10.1 Å². The maximum Gasteiger partial charge on any atom is 0.338 e. The molecule has 0 bridgehead atoms. The minimum Gasteiger partial charge on any atom is -0.478 e. The fourth-order valence-corrected chi connectivity index (χ4v) is 1.95. The summed E-state index contributed by atoms with van der Waals surface area (Å²) >= 11 is 0. The van der Waals surface area contributed by atoms with Gasteiger partial charge in [-0.15, -0.1) is 0 Å². The van der Waals surface area contributed by atoms with Gasteiger partial charge < -0.3 is 15.1 Å². The summed E-state index contributed by atoms with van der Waals surface area (Å²) in [5, 5.41) is 29.7. The predicted molar refractivity (Wildman–Crippen MR) is 74.2 cm³/mol. The molecular weight excluding hydrogens is 283 g/mol. The third kappa shape index (κ3) is 4.12. The van der Waals surface area contributed by atoms with Gasteiger partial charge in [-0.25, -0.2) is 9.18 Å². The number of anilines is 1. The van der Waals surface area contributed by atoms with Crippen molar-refractivity contribution in [2.24, 2.45) is 0 Å². The van der Waals surface area contributed by atoms with Crippen LogP contribution in [0.3, 0.4) is 0 Å². The third-order valence-electron chi connectivity index (χ3n) is 2.79. The highest BCUT2D eigenvalue weighted by molar-refractivity contribution is 5.90. The van der Waals surface area contributed by atoms with Crippen LogP contribution >= 0.6 is 0 Å². The summed E-state index contributed by atoms with van der Waals surface area (Å²) < 4.78 is 13.8. The van der Waals surface area contributed by atoms with Crippen LogP contribution in [0.15, 0.2) is 12.1 Å². The summed E-state index contributed by atoms with van der Waals surface area (Å²) in [6.45, 7) is 5.05. The minimum atomic E-state index is -1.58. The first kappa shape index (κ1) is 16.8. The molecule has 116 valence electrons. The molecule has 0 aliphatic carbocycles. The molecule has 0 aliphatic rings. The maximum atomic E-state index is 13.8. The van der Waals surface area contributed by atoms with Gasteiger partial charge in [0, 0.05) is 25.2 Å². The van der Waals surface area contributed by atoms with E-state index in [0.717, 1.165) is 6.07 Å². The molecule has 0 unspecified atom stereocenters. The number of likely N-dealkylation sites (N-methyl/N-ethyl adjacent to an activating group) is 1. The predicted octanol–water partition coefficient (Wildman–Crippen LogP) is 2.03. The number of benzene rings is 1. The number of nitro benzene ring substituents is 1. The van der Waals surface area contributed by atoms with E-state index in [1.54, 1.807) is 6.92 Å². The van der Waals surface area contributed by atoms with Crippen molar-refractivity contribution < 1.29 is 24.3 Å². The number of aliphatic hydroxyl groups is 1. The Labute approximate surface area is 120 Å². The average Bonchev–Trinajstić information content (AvgIpc) is 2.33. The van der Waals surface area contributed by atoms with Crippen molar-refractivity contribution in [3.05, 3.63) is 33.6 Å². The first-order valence-electron chi connectivity index (χ1n) is 6.25. The highest BCUT2D eigenvalue weighted by Crippen LogP contribution is 2.32. The van der Waals surface area contributed by atoms with Gasteiger partial charge in [-0.2, -0.15) is 0 Å². The van der Waals surface area contributed by atoms with Crippen molar-refractivity contribution in [1.82, 2.24) is 0 Å². The second-order valence-corrected chi connectivity index (χ2v) is 5.21. The molecule has 0 heterocycles. The molecule has 8 heteroatoms. The first-order valence-corrected chi connectivity index (χ1v) is 6.25. The Balaban J connectivity index is 3.42. The summed E-state index contributed by atoms with van der Waals surface area (Å²) in [6.07, 6.45) is 0. The number of carboxylic acids is 1. The molecule has 0 spiro atoms. The molecule has 21 heavy (non-hydrogen) atoms. The Bertz CT molecular complexity index is 568. The van der Waals surface area contributed by atoms with E-state index in [9.17, 15) is 24.4 Å². The number of halogens is 1. The topological polar surface area (TPSA) is 104 Å². The summed E-state index contributed by atoms with van der Waals surface area (Å²) in [7, 11) is 0. The fraction of sp³-hybridized carbons (Fsp3) is 0.462. The van der Waals surface area contributed by atoms with Crippen LogP contribution in [0.4, 0.5) is 15.8 Å². The van der Waals surface area contributed by atoms with E-state index in [1.807, 2.05) is 0 Å². The van der Waals surface area contributed by atoms with Crippen molar-refractivity contribution in [1.29, 1.82) is 0 Å². The molecule has 0 atom stereocenters. The zero-order valence-corrected chi connectivity index (χ0v) is 12.0. The number of rotatable bonds is 6. The lowest BCUT2D eigenvalue weighted by Gasteiger charge is -2.29. The molecular formula is C13H17FN2O5. The largest absolute Gasteiger partial charge is 0.478 e. The van der Waals surface area contributed by atoms with E-state index in [0.29, 0.717) is 6.07 Å². The van der Waals surface area contributed by atoms with Crippen molar-refractivity contribution >= 4 is 17.3 Å². The van der Waals surface area contributed by atoms with Gasteiger partial charge >= 0.3 is 5.97 Å². The van der Waals surface area contributed by atoms with E-state index in [2.05, 4.69) is 0 Å². The number of nitro groups is 1. The summed E-state index contributed by atoms with van der Waals surface area (Å²) in [4.78, 5) is 22.6. The van der Waals surface area contributed by atoms with Crippen molar-refractivity contribution in [3.63, 3.8) is 0 Å². The first-order chi connectivity index (χ1) is 9.56. The van der Waals surface area contributed by atoms with Gasteiger partial charge in [0.1, 0.15) is 17.1 Å². The van der Waals surface area contributed by atoms with Crippen LogP contribution in [-0.4, -0.2) is 39.8 Å². The van der Waals surface area contributed by atoms with Gasteiger partial charge in [-0.05, 0) is 20.8 Å². The third-order valence-corrected chi connectivity index (χ3v) is 2.79. The Hall–Kier alpha value is -2.22. The van der Waals surface area contributed by atoms with Gasteiger partial charge in [0.15, 0.2) is 0 Å². The van der Waals surface area contributed by atoms with Gasteiger partial charge in [0.25, 0.3) is 5.69 Å². The number of carboxylic acid groups (broad SMARTS) is 1. The number of nitrogens with zero attached hydrogens (tertiary/aromatic N) is 2. The summed E-state index contributed by atoms with van der Waals surface area (Å²) in [5.74, 6) is -2.63. The molecule has 1 rings (SSSR count). The zero-order chi connectivity index (χ0) is 16.4. The van der Waals surface area contributed by atoms with Crippen molar-refractivity contribution in [2.75, 3.05) is 18.0 Å². The van der Waals surface area contributed by atoms with Crippen LogP contribution in [0.2, 0.25) is 0 Å². The Kier molecular flexibility index (Phi) is 4.84. The lowest BCUT2D eigenvalue weighted by Crippen LogP contribution is -2.39. The van der Waals surface area contributed by atoms with Crippen LogP contribution in [0.1, 0.15) is 31.1 Å². The molecule has 0 saturated heterocycles. The molecule has 0 aliphatic heterocycles. The molecule has 1 aromatic carbocycles. The lowest BCUT2D eigenvalue weighted by atomic mass is 10.1. The Morgan fingerprint density at radius 2 is 2.05 bits per heavy atom. The van der Waals surface area contributed by atoms with Crippen molar-refractivity contribution in [3.8, 4) is 0 Å². The van der Waals surface area contributed by atoms with Crippen LogP contribution in [-0.2, 0) is 0 Å². The van der Waals surface area contributed by atoms with Gasteiger partial charge in [0.05, 0.1) is 10.5 Å². The molecule has 0 amide bonds. The quantitative estimate of drug-likeness (QED) is 0.615. The molecule has 0 saturated carbocycles. The smallest absolute Gasteiger partial charge is 0.338 e. The highest BCUT2D eigenvalue weighted by atomic mass is 19.1. The van der Waals surface area contributed by atoms with Crippen molar-refractivity contribution in [2.45, 2.75) is 26.4 Å². The normalized spacial score (nSPS) is 11.3. The van der Waals surface area contributed by atoms with Crippen LogP contribution < -0.4 is 4.90 Å². The number of aromatic carboxylic acids is 1. The number of hydrogen-bond acceptors (Lipinski definition) is 5. The van der Waals surface area contributed by atoms with Gasteiger partial charge in [-0.1, -0.05) is 0 Å². The maximum absolute atomic E-state index is 13.8. The van der Waals surface area contributed by atoms with E-state index >= 15 is 0 Å². The summed E-state index contributed by atoms with van der Waals surface area (Å²) in [6, 6.07) is 1.51. The van der Waals surface area contributed by atoms with Crippen LogP contribution in [0, 0.1) is 15.9 Å². The second kappa shape index (κ2) is 6.04. The molecule has 1 aromatic rings. The van der Waals surface area contributed by atoms with Crippen LogP contribution in [0.5, 0.6) is 0 Å². The molecule has 0 fully saturated rings. The SMILES string of the molecule is CCN(CC(C)(C)O)c1cc(F)c(C(=O)O)cc1[N+](=O)[O-]. The number of carbonyl (C=O) groups is 1. The molecule has 0 aromatic heterocycles. The van der Waals surface area contributed by atoms with Gasteiger partial charge in [0.2, 0.25) is 0 Å². The Morgan fingerprint density at radius 3 is 2.43 bits per heavy atom. The Morgan fingerprint density at radius 1 is 1.48 bits per heavy atom. The van der Waals surface area contributed by atoms with Crippen LogP contribution in [0.25, 0.3) is 0 Å². The monoisotopic (exact) mass is 300 g/mol. The zero-order valence-electron chi connectivity index (χ0n) is 12.0. The standard InChI is InChI=1S/C13H17FN2O5/c1-4-15(7-13(2,3)19)10-6-9(14)8(12(17)18)5-11(10)16(20)21/h5-6,19H,4,7H2,1-3H3,(H,17,18). The average molecular weight is 300 g/mol. The fourth-order valence-electron chi connectivity index (χ4n) is 1.95. The summed E-state index contributed by atoms with van der Waals surface area (Å²) in [5.41, 5.74) is -2.48. The minimum absolute atomic E-state index is 0.0379. The molecule has 7 nitrogen and oxygen atoms in total. The van der Waals surface area contributed by atoms with E-state index < -0.39 is 33.6 Å². The molecule has 2 N–H and O–H groups in total. The van der Waals surface area contributed by atoms with E-state index in [4.69, 9.17) is 5.11 Å². The lowest BCUT2D eigenvalue weighted by molar-refractivity contribution is -0.384. The number of hydrogen-bond donors (Lipinski definition) is 2.